The maximum Gasteiger partial charge on any atom is 0.266 e. The van der Waals surface area contributed by atoms with Gasteiger partial charge >= 0.3 is 0 Å². The molecule has 1 unspecified atom stereocenters. The van der Waals surface area contributed by atoms with E-state index in [4.69, 9.17) is 11.6 Å². The molecule has 1 atom stereocenters. The van der Waals surface area contributed by atoms with Crippen molar-refractivity contribution in [2.45, 2.75) is 32.4 Å². The van der Waals surface area contributed by atoms with Crippen LogP contribution in [-0.4, -0.2) is 5.91 Å². The van der Waals surface area contributed by atoms with E-state index in [-0.39, 0.29) is 11.0 Å². The first-order chi connectivity index (χ1) is 12.7. The molecule has 2 aromatic carbocycles. The predicted octanol–water partition coefficient (Wildman–Crippen LogP) is 4.94. The molecule has 1 N–H and O–H groups in total. The maximum atomic E-state index is 12.4. The quantitative estimate of drug-likeness (QED) is 0.706. The van der Waals surface area contributed by atoms with E-state index in [0.29, 0.717) is 10.1 Å². The van der Waals surface area contributed by atoms with Crippen LogP contribution in [0.5, 0.6) is 0 Å². The molecule has 0 aromatic heterocycles. The van der Waals surface area contributed by atoms with E-state index in [1.54, 1.807) is 12.1 Å². The standard InChI is InChI=1S/C21H20ClN3OS/c1-21(2,3)14-6-4-13(5-7-14)18-24-19(26)17(12-23)20(27)25(18)16-10-8-15(22)9-11-16/h4-11,18,27H,1-3H3,(H,24,26). The van der Waals surface area contributed by atoms with E-state index in [9.17, 15) is 10.1 Å². The molecule has 1 aliphatic rings. The van der Waals surface area contributed by atoms with Crippen molar-refractivity contribution >= 4 is 35.8 Å². The van der Waals surface area contributed by atoms with Crippen LogP contribution >= 0.6 is 24.2 Å². The molecule has 1 aliphatic heterocycles. The van der Waals surface area contributed by atoms with Gasteiger partial charge in [-0.3, -0.25) is 4.79 Å². The minimum atomic E-state index is -0.475. The van der Waals surface area contributed by atoms with Crippen LogP contribution in [0.1, 0.15) is 38.1 Å². The Kier molecular flexibility index (Phi) is 5.23. The predicted molar refractivity (Wildman–Crippen MR) is 112 cm³/mol. The highest BCUT2D eigenvalue weighted by atomic mass is 35.5. The summed E-state index contributed by atoms with van der Waals surface area (Å²) in [4.78, 5) is 14.2. The molecule has 0 radical (unpaired) electrons. The van der Waals surface area contributed by atoms with Crippen molar-refractivity contribution < 1.29 is 4.79 Å². The highest BCUT2D eigenvalue weighted by Crippen LogP contribution is 2.36. The summed E-state index contributed by atoms with van der Waals surface area (Å²) >= 11 is 10.5. The van der Waals surface area contributed by atoms with Crippen LogP contribution < -0.4 is 10.2 Å². The van der Waals surface area contributed by atoms with Crippen molar-refractivity contribution in [3.8, 4) is 6.07 Å². The third-order valence-electron chi connectivity index (χ3n) is 4.51. The lowest BCUT2D eigenvalue weighted by Crippen LogP contribution is -2.46. The lowest BCUT2D eigenvalue weighted by molar-refractivity contribution is -0.118. The summed E-state index contributed by atoms with van der Waals surface area (Å²) in [6.45, 7) is 6.45. The number of thiol groups is 1. The first-order valence-corrected chi connectivity index (χ1v) is 9.34. The fourth-order valence-electron chi connectivity index (χ4n) is 2.98. The molecule has 0 saturated heterocycles. The van der Waals surface area contributed by atoms with Crippen molar-refractivity contribution in [3.63, 3.8) is 0 Å². The number of nitrogens with one attached hydrogen (secondary N) is 1. The maximum absolute atomic E-state index is 12.4. The molecule has 1 heterocycles. The van der Waals surface area contributed by atoms with E-state index >= 15 is 0 Å². The summed E-state index contributed by atoms with van der Waals surface area (Å²) in [6, 6.07) is 17.2. The summed E-state index contributed by atoms with van der Waals surface area (Å²) in [5.41, 5.74) is 2.89. The van der Waals surface area contributed by atoms with Gasteiger partial charge in [-0.25, -0.2) is 0 Å². The Labute approximate surface area is 169 Å². The Bertz CT molecular complexity index is 937. The number of hydrogen-bond acceptors (Lipinski definition) is 4. The van der Waals surface area contributed by atoms with Crippen LogP contribution in [0.2, 0.25) is 5.02 Å². The number of carbonyl (C=O) groups excluding carboxylic acids is 1. The molecule has 0 spiro atoms. The van der Waals surface area contributed by atoms with Crippen molar-refractivity contribution in [1.82, 2.24) is 5.32 Å². The van der Waals surface area contributed by atoms with Crippen LogP contribution in [0.4, 0.5) is 5.69 Å². The zero-order valence-electron chi connectivity index (χ0n) is 15.3. The molecule has 3 rings (SSSR count). The monoisotopic (exact) mass is 397 g/mol. The van der Waals surface area contributed by atoms with Gasteiger partial charge in [0.15, 0.2) is 0 Å². The van der Waals surface area contributed by atoms with Gasteiger partial charge in [0.05, 0.1) is 5.03 Å². The van der Waals surface area contributed by atoms with Gasteiger partial charge in [0.1, 0.15) is 17.8 Å². The third-order valence-corrected chi connectivity index (χ3v) is 5.20. The Balaban J connectivity index is 2.09. The first-order valence-electron chi connectivity index (χ1n) is 8.52. The topological polar surface area (TPSA) is 56.1 Å². The van der Waals surface area contributed by atoms with E-state index in [0.717, 1.165) is 11.3 Å². The summed E-state index contributed by atoms with van der Waals surface area (Å²) in [7, 11) is 0. The first kappa shape index (κ1) is 19.3. The van der Waals surface area contributed by atoms with Gasteiger partial charge in [-0.05, 0) is 40.8 Å². The molecule has 138 valence electrons. The number of anilines is 1. The zero-order valence-corrected chi connectivity index (χ0v) is 17.0. The van der Waals surface area contributed by atoms with Gasteiger partial charge in [0.25, 0.3) is 5.91 Å². The normalized spacial score (nSPS) is 17.6. The summed E-state index contributed by atoms with van der Waals surface area (Å²) in [5, 5.41) is 13.2. The second kappa shape index (κ2) is 7.30. The SMILES string of the molecule is CC(C)(C)c1ccc(C2NC(=O)C(C#N)=C(S)N2c2ccc(Cl)cc2)cc1. The van der Waals surface area contributed by atoms with E-state index < -0.39 is 12.1 Å². The van der Waals surface area contributed by atoms with Gasteiger partial charge in [0, 0.05) is 10.7 Å². The number of amides is 1. The molecular formula is C21H20ClN3OS. The van der Waals surface area contributed by atoms with Crippen LogP contribution in [0.15, 0.2) is 59.1 Å². The smallest absolute Gasteiger partial charge is 0.266 e. The van der Waals surface area contributed by atoms with E-state index in [1.807, 2.05) is 35.2 Å². The Morgan fingerprint density at radius 1 is 1.11 bits per heavy atom. The number of hydrogen-bond donors (Lipinski definition) is 2. The van der Waals surface area contributed by atoms with Crippen molar-refractivity contribution in [3.05, 3.63) is 75.3 Å². The van der Waals surface area contributed by atoms with Crippen LogP contribution in [0.3, 0.4) is 0 Å². The number of nitriles is 1. The fraction of sp³-hybridized carbons (Fsp3) is 0.238. The highest BCUT2D eigenvalue weighted by Gasteiger charge is 2.34. The Hall–Kier alpha value is -2.42. The molecule has 1 amide bonds. The van der Waals surface area contributed by atoms with Gasteiger partial charge in [0.2, 0.25) is 0 Å². The molecule has 0 saturated carbocycles. The van der Waals surface area contributed by atoms with Crippen LogP contribution in [0.25, 0.3) is 0 Å². The Morgan fingerprint density at radius 2 is 1.70 bits per heavy atom. The fourth-order valence-corrected chi connectivity index (χ4v) is 3.49. The lowest BCUT2D eigenvalue weighted by Gasteiger charge is -2.38. The molecule has 6 heteroatoms. The second-order valence-electron chi connectivity index (χ2n) is 7.40. The van der Waals surface area contributed by atoms with Crippen molar-refractivity contribution in [1.29, 1.82) is 5.26 Å². The number of halogens is 1. The summed E-state index contributed by atoms with van der Waals surface area (Å²) in [5.74, 6) is -0.433. The lowest BCUT2D eigenvalue weighted by atomic mass is 9.86. The number of carbonyl (C=O) groups is 1. The number of benzene rings is 2. The van der Waals surface area contributed by atoms with Gasteiger partial charge in [-0.1, -0.05) is 56.6 Å². The molecule has 4 nitrogen and oxygen atoms in total. The summed E-state index contributed by atoms with van der Waals surface area (Å²) < 4.78 is 0. The Morgan fingerprint density at radius 3 is 2.22 bits per heavy atom. The van der Waals surface area contributed by atoms with Crippen LogP contribution in [0, 0.1) is 11.3 Å². The molecule has 0 bridgehead atoms. The number of nitrogens with zero attached hydrogens (tertiary/aromatic N) is 2. The van der Waals surface area contributed by atoms with E-state index in [1.165, 1.54) is 5.56 Å². The molecular weight excluding hydrogens is 378 g/mol. The van der Waals surface area contributed by atoms with Crippen molar-refractivity contribution in [2.24, 2.45) is 0 Å². The molecule has 0 aliphatic carbocycles. The molecule has 2 aromatic rings. The second-order valence-corrected chi connectivity index (χ2v) is 8.26. The average molecular weight is 398 g/mol. The molecule has 0 fully saturated rings. The van der Waals surface area contributed by atoms with Gasteiger partial charge in [-0.2, -0.15) is 5.26 Å². The molecule has 27 heavy (non-hydrogen) atoms. The zero-order chi connectivity index (χ0) is 19.8. The summed E-state index contributed by atoms with van der Waals surface area (Å²) in [6.07, 6.45) is -0.475. The largest absolute Gasteiger partial charge is 0.327 e. The van der Waals surface area contributed by atoms with Gasteiger partial charge in [-0.15, -0.1) is 12.6 Å². The average Bonchev–Trinajstić information content (AvgIpc) is 2.62. The third kappa shape index (κ3) is 3.83. The van der Waals surface area contributed by atoms with Crippen LogP contribution in [-0.2, 0) is 10.2 Å². The highest BCUT2D eigenvalue weighted by molar-refractivity contribution is 7.84. The van der Waals surface area contributed by atoms with Gasteiger partial charge < -0.3 is 10.2 Å². The minimum absolute atomic E-state index is 0.0177. The van der Waals surface area contributed by atoms with E-state index in [2.05, 4.69) is 50.8 Å². The number of rotatable bonds is 2. The minimum Gasteiger partial charge on any atom is -0.327 e. The van der Waals surface area contributed by atoms with Crippen molar-refractivity contribution in [2.75, 3.05) is 4.90 Å².